The molecule has 0 unspecified atom stereocenters. The van der Waals surface area contributed by atoms with Crippen molar-refractivity contribution in [1.29, 1.82) is 0 Å². The number of nitrogens with two attached hydrogens (primary N) is 1. The van der Waals surface area contributed by atoms with Crippen molar-refractivity contribution in [2.24, 2.45) is 0 Å². The molecule has 6 nitrogen and oxygen atoms in total. The lowest BCUT2D eigenvalue weighted by molar-refractivity contribution is -0.141. The monoisotopic (exact) mass is 302 g/mol. The first kappa shape index (κ1) is 15.1. The van der Waals surface area contributed by atoms with Gasteiger partial charge in [-0.1, -0.05) is 0 Å². The van der Waals surface area contributed by atoms with E-state index in [0.717, 1.165) is 12.3 Å². The number of nitrogen functional groups attached to an aromatic ring is 1. The zero-order valence-electron chi connectivity index (χ0n) is 11.3. The van der Waals surface area contributed by atoms with E-state index in [1.165, 1.54) is 18.7 Å². The van der Waals surface area contributed by atoms with Crippen LogP contribution in [0, 0.1) is 0 Å². The summed E-state index contributed by atoms with van der Waals surface area (Å²) in [4.78, 5) is 27.8. The van der Waals surface area contributed by atoms with E-state index in [-0.39, 0.29) is 17.9 Å². The molecule has 114 valence electrons. The number of hydrogen-bond acceptors (Lipinski definition) is 5. The Balaban J connectivity index is 2.54. The molecule has 3 N–H and O–H groups in total. The number of amides is 2. The molecular weight excluding hydrogens is 289 g/mol. The number of imide groups is 1. The highest BCUT2D eigenvalue weighted by Crippen LogP contribution is 2.35. The maximum atomic E-state index is 12.7. The molecule has 1 aromatic rings. The van der Waals surface area contributed by atoms with Crippen molar-refractivity contribution in [3.63, 3.8) is 0 Å². The molecule has 0 aliphatic carbocycles. The molecule has 0 bridgehead atoms. The van der Waals surface area contributed by atoms with Crippen molar-refractivity contribution in [1.82, 2.24) is 10.3 Å². The van der Waals surface area contributed by atoms with E-state index in [1.54, 1.807) is 0 Å². The third kappa shape index (κ3) is 2.63. The lowest BCUT2D eigenvalue weighted by atomic mass is 9.97. The van der Waals surface area contributed by atoms with Crippen LogP contribution in [0.15, 0.2) is 12.3 Å². The minimum atomic E-state index is -4.64. The van der Waals surface area contributed by atoms with Gasteiger partial charge in [0.15, 0.2) is 0 Å². The molecule has 1 aromatic heterocycles. The SMILES string of the molecule is CC1(C)C(=O)NC(=O)CN1c1cc(C(F)(F)F)ncc1N. The number of piperazine rings is 1. The zero-order valence-corrected chi connectivity index (χ0v) is 11.3. The number of nitrogens with zero attached hydrogens (tertiary/aromatic N) is 2. The van der Waals surface area contributed by atoms with Gasteiger partial charge in [-0.2, -0.15) is 13.2 Å². The van der Waals surface area contributed by atoms with Crippen molar-refractivity contribution >= 4 is 23.2 Å². The van der Waals surface area contributed by atoms with E-state index in [2.05, 4.69) is 10.3 Å². The summed E-state index contributed by atoms with van der Waals surface area (Å²) in [7, 11) is 0. The molecule has 1 saturated heterocycles. The summed E-state index contributed by atoms with van der Waals surface area (Å²) in [5.41, 5.74) is 3.21. The summed E-state index contributed by atoms with van der Waals surface area (Å²) < 4.78 is 38.2. The summed E-state index contributed by atoms with van der Waals surface area (Å²) in [6.45, 7) is 2.70. The second kappa shape index (κ2) is 4.61. The van der Waals surface area contributed by atoms with Gasteiger partial charge in [0.25, 0.3) is 5.91 Å². The Kier molecular flexibility index (Phi) is 3.31. The van der Waals surface area contributed by atoms with Crippen molar-refractivity contribution in [2.75, 3.05) is 17.2 Å². The molecule has 21 heavy (non-hydrogen) atoms. The highest BCUT2D eigenvalue weighted by Gasteiger charge is 2.42. The maximum Gasteiger partial charge on any atom is 0.433 e. The average molecular weight is 302 g/mol. The van der Waals surface area contributed by atoms with Gasteiger partial charge in [0.05, 0.1) is 24.1 Å². The predicted octanol–water partition coefficient (Wildman–Crippen LogP) is 0.924. The van der Waals surface area contributed by atoms with Crippen molar-refractivity contribution in [3.8, 4) is 0 Å². The Morgan fingerprint density at radius 3 is 2.57 bits per heavy atom. The Morgan fingerprint density at radius 1 is 1.38 bits per heavy atom. The molecule has 0 saturated carbocycles. The summed E-state index contributed by atoms with van der Waals surface area (Å²) in [5.74, 6) is -1.22. The molecule has 1 fully saturated rings. The fourth-order valence-corrected chi connectivity index (χ4v) is 2.01. The predicted molar refractivity (Wildman–Crippen MR) is 68.2 cm³/mol. The normalized spacial score (nSPS) is 18.6. The fourth-order valence-electron chi connectivity index (χ4n) is 2.01. The van der Waals surface area contributed by atoms with Crippen LogP contribution in [-0.4, -0.2) is 28.9 Å². The van der Waals surface area contributed by atoms with E-state index < -0.39 is 29.2 Å². The van der Waals surface area contributed by atoms with Crippen LogP contribution in [0.4, 0.5) is 24.5 Å². The standard InChI is InChI=1S/C12H13F3N4O2/c1-11(2)10(21)18-9(20)5-19(11)7-3-8(12(13,14)15)17-4-6(7)16/h3-4H,5,16H2,1-2H3,(H,18,20,21). The fraction of sp³-hybridized carbons (Fsp3) is 0.417. The highest BCUT2D eigenvalue weighted by atomic mass is 19.4. The summed E-state index contributed by atoms with van der Waals surface area (Å²) in [6.07, 6.45) is -3.78. The average Bonchev–Trinajstić information content (AvgIpc) is 2.33. The molecule has 1 aliphatic rings. The minimum Gasteiger partial charge on any atom is -0.396 e. The van der Waals surface area contributed by atoms with E-state index in [0.29, 0.717) is 0 Å². The molecular formula is C12H13F3N4O2. The first-order valence-corrected chi connectivity index (χ1v) is 5.98. The number of rotatable bonds is 1. The Bertz CT molecular complexity index is 613. The van der Waals surface area contributed by atoms with Crippen LogP contribution in [-0.2, 0) is 15.8 Å². The van der Waals surface area contributed by atoms with Crippen molar-refractivity contribution < 1.29 is 22.8 Å². The quantitative estimate of drug-likeness (QED) is 0.753. The van der Waals surface area contributed by atoms with Crippen LogP contribution < -0.4 is 16.0 Å². The highest BCUT2D eigenvalue weighted by molar-refractivity contribution is 6.07. The molecule has 2 heterocycles. The number of nitrogens with one attached hydrogen (secondary N) is 1. The van der Waals surface area contributed by atoms with Gasteiger partial charge >= 0.3 is 6.18 Å². The number of alkyl halides is 3. The van der Waals surface area contributed by atoms with Gasteiger partial charge in [0, 0.05) is 0 Å². The van der Waals surface area contributed by atoms with Gasteiger partial charge in [-0.25, -0.2) is 4.98 Å². The van der Waals surface area contributed by atoms with Gasteiger partial charge in [0.1, 0.15) is 11.2 Å². The van der Waals surface area contributed by atoms with Crippen LogP contribution in [0.25, 0.3) is 0 Å². The molecule has 0 aromatic carbocycles. The van der Waals surface area contributed by atoms with E-state index in [1.807, 2.05) is 0 Å². The van der Waals surface area contributed by atoms with E-state index in [4.69, 9.17) is 5.73 Å². The van der Waals surface area contributed by atoms with Gasteiger partial charge in [-0.15, -0.1) is 0 Å². The number of halogens is 3. The number of anilines is 2. The summed E-state index contributed by atoms with van der Waals surface area (Å²) in [6, 6.07) is 0.739. The number of carbonyl (C=O) groups is 2. The molecule has 0 radical (unpaired) electrons. The lowest BCUT2D eigenvalue weighted by Crippen LogP contribution is -2.64. The zero-order chi connectivity index (χ0) is 16.0. The Morgan fingerprint density at radius 2 is 2.00 bits per heavy atom. The number of hydrogen-bond donors (Lipinski definition) is 2. The smallest absolute Gasteiger partial charge is 0.396 e. The lowest BCUT2D eigenvalue weighted by Gasteiger charge is -2.42. The summed E-state index contributed by atoms with van der Waals surface area (Å²) >= 11 is 0. The Hall–Kier alpha value is -2.32. The first-order valence-electron chi connectivity index (χ1n) is 5.98. The molecule has 0 spiro atoms. The van der Waals surface area contributed by atoms with Gasteiger partial charge in [-0.05, 0) is 19.9 Å². The molecule has 1 aliphatic heterocycles. The minimum absolute atomic E-state index is 0.0430. The van der Waals surface area contributed by atoms with Gasteiger partial charge in [0.2, 0.25) is 5.91 Å². The number of aromatic nitrogens is 1. The van der Waals surface area contributed by atoms with Crippen LogP contribution in [0.3, 0.4) is 0 Å². The van der Waals surface area contributed by atoms with Gasteiger partial charge < -0.3 is 10.6 Å². The van der Waals surface area contributed by atoms with Gasteiger partial charge in [-0.3, -0.25) is 14.9 Å². The largest absolute Gasteiger partial charge is 0.433 e. The third-order valence-corrected chi connectivity index (χ3v) is 3.28. The third-order valence-electron chi connectivity index (χ3n) is 3.28. The molecule has 2 rings (SSSR count). The van der Waals surface area contributed by atoms with Crippen molar-refractivity contribution in [2.45, 2.75) is 25.6 Å². The number of pyridine rings is 1. The van der Waals surface area contributed by atoms with Crippen LogP contribution in [0.2, 0.25) is 0 Å². The summed E-state index contributed by atoms with van der Waals surface area (Å²) in [5, 5.41) is 2.14. The van der Waals surface area contributed by atoms with E-state index >= 15 is 0 Å². The van der Waals surface area contributed by atoms with E-state index in [9.17, 15) is 22.8 Å². The second-order valence-corrected chi connectivity index (χ2v) is 5.15. The molecule has 9 heteroatoms. The molecule has 0 atom stereocenters. The number of carbonyl (C=O) groups excluding carboxylic acids is 2. The maximum absolute atomic E-state index is 12.7. The second-order valence-electron chi connectivity index (χ2n) is 5.15. The topological polar surface area (TPSA) is 88.3 Å². The van der Waals surface area contributed by atoms with Crippen LogP contribution >= 0.6 is 0 Å². The molecule has 2 amide bonds. The first-order chi connectivity index (χ1) is 9.53. The van der Waals surface area contributed by atoms with Crippen LogP contribution in [0.5, 0.6) is 0 Å². The van der Waals surface area contributed by atoms with Crippen LogP contribution in [0.1, 0.15) is 19.5 Å². The van der Waals surface area contributed by atoms with Crippen molar-refractivity contribution in [3.05, 3.63) is 18.0 Å². The Labute approximate surface area is 118 Å².